The predicted octanol–water partition coefficient (Wildman–Crippen LogP) is 1.40. The molecule has 0 saturated carbocycles. The molecule has 1 unspecified atom stereocenters. The summed E-state index contributed by atoms with van der Waals surface area (Å²) in [5.41, 5.74) is 8.69. The van der Waals surface area contributed by atoms with Gasteiger partial charge in [-0.25, -0.2) is 13.6 Å². The molecular weight excluding hydrogens is 508 g/mol. The number of hydrogen-bond donors (Lipinski definition) is 4. The first-order valence-electron chi connectivity index (χ1n) is 12.9. The lowest BCUT2D eigenvalue weighted by atomic mass is 9.85. The first-order chi connectivity index (χ1) is 18.1. The number of likely N-dealkylation sites (tertiary alicyclic amines) is 1. The number of ketones is 1. The normalized spacial score (nSPS) is 18.9. The third-order valence-electron chi connectivity index (χ3n) is 7.74. The summed E-state index contributed by atoms with van der Waals surface area (Å²) in [5, 5.41) is 20.7. The summed E-state index contributed by atoms with van der Waals surface area (Å²) >= 11 is 0. The first kappa shape index (κ1) is 27.8. The van der Waals surface area contributed by atoms with E-state index in [0.717, 1.165) is 32.2 Å². The minimum Gasteiger partial charge on any atom is -0.398 e. The van der Waals surface area contributed by atoms with Gasteiger partial charge in [-0.1, -0.05) is 0 Å². The van der Waals surface area contributed by atoms with Crippen molar-refractivity contribution in [3.8, 4) is 0 Å². The number of nitrogens with two attached hydrogens (primary N) is 3. The number of nitrogens with zero attached hydrogens (tertiary/aromatic N) is 3. The van der Waals surface area contributed by atoms with Crippen molar-refractivity contribution in [1.82, 2.24) is 4.90 Å². The number of benzene rings is 2. The molecule has 0 radical (unpaired) electrons. The number of nitrogen functional groups attached to an aromatic ring is 1. The monoisotopic (exact) mass is 544 g/mol. The number of aliphatic hydroxyl groups excluding tert-OH is 1. The van der Waals surface area contributed by atoms with E-state index in [4.69, 9.17) is 16.7 Å². The minimum atomic E-state index is -4.34. The average molecular weight is 545 g/mol. The molecule has 12 heteroatoms. The number of fused-ring (bicyclic) bond motifs is 1. The Kier molecular flexibility index (Phi) is 8.24. The van der Waals surface area contributed by atoms with Gasteiger partial charge in [0.05, 0.1) is 11.5 Å². The van der Waals surface area contributed by atoms with E-state index in [2.05, 4.69) is 10.0 Å². The highest BCUT2D eigenvalue weighted by atomic mass is 32.2. The largest absolute Gasteiger partial charge is 0.398 e. The van der Waals surface area contributed by atoms with Gasteiger partial charge in [0.1, 0.15) is 12.6 Å². The standard InChI is InChI=1S/C26H36N6O5S/c1-16-22-19(12-20(23(16)27)25(35)17-6-5-8-31(13-17)15-30-28)21(14-34)26(38(29,36)37)18(7-11-33)24(22)32-9-3-2-4-10-32/h11-12,15,17,34H,2-10,13-14,27-28H2,1H3,(H2,29,36,37). The lowest BCUT2D eigenvalue weighted by Gasteiger charge is -2.34. The summed E-state index contributed by atoms with van der Waals surface area (Å²) in [6.45, 7) is 3.66. The fourth-order valence-corrected chi connectivity index (χ4v) is 7.06. The lowest BCUT2D eigenvalue weighted by molar-refractivity contribution is -0.107. The van der Waals surface area contributed by atoms with Crippen molar-refractivity contribution in [2.75, 3.05) is 36.8 Å². The number of primary sulfonamides is 1. The molecule has 2 heterocycles. The van der Waals surface area contributed by atoms with Crippen molar-refractivity contribution in [3.63, 3.8) is 0 Å². The molecule has 38 heavy (non-hydrogen) atoms. The van der Waals surface area contributed by atoms with Crippen molar-refractivity contribution < 1.29 is 23.1 Å². The molecule has 2 saturated heterocycles. The van der Waals surface area contributed by atoms with Gasteiger partial charge in [0.15, 0.2) is 5.78 Å². The molecule has 2 aromatic carbocycles. The molecule has 11 nitrogen and oxygen atoms in total. The van der Waals surface area contributed by atoms with Crippen LogP contribution in [0, 0.1) is 12.8 Å². The lowest BCUT2D eigenvalue weighted by Crippen LogP contribution is -2.38. The number of carbonyl (C=O) groups is 2. The maximum absolute atomic E-state index is 13.8. The molecule has 2 aromatic rings. The van der Waals surface area contributed by atoms with Crippen molar-refractivity contribution in [2.24, 2.45) is 22.0 Å². The van der Waals surface area contributed by atoms with Crippen LogP contribution in [0.3, 0.4) is 0 Å². The van der Waals surface area contributed by atoms with E-state index in [1.807, 2.05) is 4.90 Å². The van der Waals surface area contributed by atoms with Gasteiger partial charge in [0.25, 0.3) is 0 Å². The highest BCUT2D eigenvalue weighted by Gasteiger charge is 2.33. The van der Waals surface area contributed by atoms with E-state index < -0.39 is 16.6 Å². The maximum atomic E-state index is 13.8. The van der Waals surface area contributed by atoms with Crippen LogP contribution in [0.4, 0.5) is 11.4 Å². The van der Waals surface area contributed by atoms with Crippen molar-refractivity contribution in [1.29, 1.82) is 0 Å². The maximum Gasteiger partial charge on any atom is 0.238 e. The Morgan fingerprint density at radius 2 is 1.89 bits per heavy atom. The van der Waals surface area contributed by atoms with Gasteiger partial charge >= 0.3 is 0 Å². The van der Waals surface area contributed by atoms with Crippen LogP contribution >= 0.6 is 0 Å². The summed E-state index contributed by atoms with van der Waals surface area (Å²) in [6, 6.07) is 1.59. The Balaban J connectivity index is 2.03. The van der Waals surface area contributed by atoms with Crippen molar-refractivity contribution in [2.45, 2.75) is 57.0 Å². The van der Waals surface area contributed by atoms with Gasteiger partial charge in [0.2, 0.25) is 10.0 Å². The number of aldehydes is 1. The highest BCUT2D eigenvalue weighted by Crippen LogP contribution is 2.44. The predicted molar refractivity (Wildman–Crippen MR) is 148 cm³/mol. The zero-order chi connectivity index (χ0) is 27.6. The Labute approximate surface area is 222 Å². The number of Topliss-reactive ketones (excluding diaryl/α,β-unsaturated/α-hetero) is 1. The van der Waals surface area contributed by atoms with Crippen LogP contribution in [-0.4, -0.2) is 63.0 Å². The molecule has 0 bridgehead atoms. The molecular formula is C26H36N6O5S. The molecule has 2 fully saturated rings. The van der Waals surface area contributed by atoms with E-state index in [1.54, 1.807) is 13.0 Å². The molecule has 206 valence electrons. The number of anilines is 2. The summed E-state index contributed by atoms with van der Waals surface area (Å²) in [6.07, 6.45) is 6.25. The van der Waals surface area contributed by atoms with Gasteiger partial charge in [-0.2, -0.15) is 5.10 Å². The molecule has 2 aliphatic heterocycles. The second kappa shape index (κ2) is 11.3. The number of rotatable bonds is 8. The number of sulfonamides is 1. The molecule has 2 aliphatic rings. The van der Waals surface area contributed by atoms with Crippen LogP contribution in [0.15, 0.2) is 16.1 Å². The molecule has 0 aromatic heterocycles. The third kappa shape index (κ3) is 5.07. The van der Waals surface area contributed by atoms with E-state index >= 15 is 0 Å². The summed E-state index contributed by atoms with van der Waals surface area (Å²) in [5.74, 6) is 4.78. The zero-order valence-corrected chi connectivity index (χ0v) is 22.5. The Morgan fingerprint density at radius 1 is 1.18 bits per heavy atom. The van der Waals surface area contributed by atoms with E-state index in [9.17, 15) is 23.1 Å². The van der Waals surface area contributed by atoms with Crippen LogP contribution < -0.4 is 21.6 Å². The fraction of sp³-hybridized carbons (Fsp3) is 0.500. The van der Waals surface area contributed by atoms with Crippen molar-refractivity contribution in [3.05, 3.63) is 28.3 Å². The number of hydrazone groups is 1. The van der Waals surface area contributed by atoms with Crippen LogP contribution in [0.2, 0.25) is 0 Å². The van der Waals surface area contributed by atoms with Gasteiger partial charge in [-0.05, 0) is 56.0 Å². The number of hydrogen-bond acceptors (Lipinski definition) is 9. The van der Waals surface area contributed by atoms with Gasteiger partial charge in [-0.15, -0.1) is 0 Å². The Morgan fingerprint density at radius 3 is 2.50 bits per heavy atom. The molecule has 1 atom stereocenters. The van der Waals surface area contributed by atoms with E-state index in [-0.39, 0.29) is 39.7 Å². The van der Waals surface area contributed by atoms with Crippen LogP contribution in [0.5, 0.6) is 0 Å². The zero-order valence-electron chi connectivity index (χ0n) is 21.6. The number of aryl methyl sites for hydroxylation is 1. The number of piperidine rings is 2. The van der Waals surface area contributed by atoms with Crippen molar-refractivity contribution >= 4 is 50.6 Å². The number of aliphatic hydroxyl groups is 1. The van der Waals surface area contributed by atoms with Gasteiger partial charge in [-0.3, -0.25) is 4.79 Å². The van der Waals surface area contributed by atoms with Gasteiger partial charge in [0, 0.05) is 72.0 Å². The molecule has 4 rings (SSSR count). The smallest absolute Gasteiger partial charge is 0.238 e. The Hall–Kier alpha value is -3.22. The third-order valence-corrected chi connectivity index (χ3v) is 8.81. The quantitative estimate of drug-likeness (QED) is 0.0725. The van der Waals surface area contributed by atoms with Crippen LogP contribution in [0.1, 0.15) is 59.2 Å². The molecule has 7 N–H and O–H groups in total. The minimum absolute atomic E-state index is 0.0674. The number of carbonyl (C=O) groups excluding carboxylic acids is 2. The molecule has 0 aliphatic carbocycles. The summed E-state index contributed by atoms with van der Waals surface area (Å²) in [7, 11) is -4.34. The average Bonchev–Trinajstić information content (AvgIpc) is 2.90. The Bertz CT molecular complexity index is 1380. The fourth-order valence-electron chi connectivity index (χ4n) is 6.02. The van der Waals surface area contributed by atoms with Crippen LogP contribution in [-0.2, 0) is 27.8 Å². The topological polar surface area (TPSA) is 185 Å². The second-order valence-corrected chi connectivity index (χ2v) is 11.6. The molecule has 0 amide bonds. The SMILES string of the molecule is Cc1c(N)c(C(=O)C2CCCN(C=NN)C2)cc2c(CO)c(S(N)(=O)=O)c(CC=O)c(N3CCCCC3)c12. The van der Waals surface area contributed by atoms with E-state index in [1.165, 1.54) is 6.34 Å². The first-order valence-corrected chi connectivity index (χ1v) is 14.4. The summed E-state index contributed by atoms with van der Waals surface area (Å²) < 4.78 is 25.8. The second-order valence-electron chi connectivity index (χ2n) is 10.1. The molecule has 0 spiro atoms. The van der Waals surface area contributed by atoms with E-state index in [0.29, 0.717) is 60.1 Å². The van der Waals surface area contributed by atoms with Crippen LogP contribution in [0.25, 0.3) is 10.8 Å². The summed E-state index contributed by atoms with van der Waals surface area (Å²) in [4.78, 5) is 29.2. The van der Waals surface area contributed by atoms with Gasteiger partial charge < -0.3 is 31.3 Å². The highest BCUT2D eigenvalue weighted by molar-refractivity contribution is 7.89.